The smallest absolute Gasteiger partial charge is 0.170 e. The minimum atomic E-state index is -0.0251. The number of oxime groups is 1. The van der Waals surface area contributed by atoms with Gasteiger partial charge in [0.2, 0.25) is 0 Å². The zero-order chi connectivity index (χ0) is 13.8. The Morgan fingerprint density at radius 3 is 3.00 bits per heavy atom. The topological polar surface area (TPSA) is 91.3 Å². The summed E-state index contributed by atoms with van der Waals surface area (Å²) >= 11 is 0. The van der Waals surface area contributed by atoms with Crippen LogP contribution in [0, 0.1) is 6.92 Å². The maximum absolute atomic E-state index is 9.38. The average Bonchev–Trinajstić information content (AvgIpc) is 2.46. The quantitative estimate of drug-likeness (QED) is 0.316. The molecule has 104 valence electrons. The second-order valence-electron chi connectivity index (χ2n) is 4.59. The van der Waals surface area contributed by atoms with Gasteiger partial charge in [-0.2, -0.15) is 0 Å². The van der Waals surface area contributed by atoms with Gasteiger partial charge in [-0.1, -0.05) is 5.16 Å². The highest BCUT2D eigenvalue weighted by Crippen LogP contribution is 2.23. The monoisotopic (exact) mass is 265 g/mol. The molecule has 0 saturated carbocycles. The number of nitrogens with two attached hydrogens (primary N) is 1. The number of hydrogen-bond donors (Lipinski definition) is 3. The summed E-state index contributed by atoms with van der Waals surface area (Å²) in [4.78, 5) is 2.12. The van der Waals surface area contributed by atoms with E-state index in [1.54, 1.807) is 0 Å². The lowest BCUT2D eigenvalue weighted by atomic mass is 10.1. The van der Waals surface area contributed by atoms with Crippen molar-refractivity contribution < 1.29 is 15.1 Å². The minimum absolute atomic E-state index is 0.0251. The summed E-state index contributed by atoms with van der Waals surface area (Å²) in [6, 6.07) is 5.68. The van der Waals surface area contributed by atoms with Crippen LogP contribution in [0.15, 0.2) is 23.4 Å². The number of rotatable bonds is 3. The van der Waals surface area contributed by atoms with E-state index in [0.29, 0.717) is 18.8 Å². The third-order valence-corrected chi connectivity index (χ3v) is 3.36. The summed E-state index contributed by atoms with van der Waals surface area (Å²) in [6.45, 7) is 3.88. The molecular weight excluding hydrogens is 246 g/mol. The standard InChI is InChI=1S/C13H19N3O3/c1-9-6-10(2-3-12(9)13(14)15-18)16-4-5-19-8-11(16)7-17/h2-3,6,11,17-18H,4-5,7-8H2,1H3,(H2,14,15). The summed E-state index contributed by atoms with van der Waals surface area (Å²) < 4.78 is 5.36. The molecule has 4 N–H and O–H groups in total. The average molecular weight is 265 g/mol. The van der Waals surface area contributed by atoms with E-state index in [1.807, 2.05) is 25.1 Å². The van der Waals surface area contributed by atoms with Crippen molar-refractivity contribution >= 4 is 11.5 Å². The fourth-order valence-electron chi connectivity index (χ4n) is 2.31. The van der Waals surface area contributed by atoms with Gasteiger partial charge in [-0.3, -0.25) is 0 Å². The van der Waals surface area contributed by atoms with Crippen molar-refractivity contribution in [1.82, 2.24) is 0 Å². The maximum Gasteiger partial charge on any atom is 0.170 e. The number of hydrogen-bond acceptors (Lipinski definition) is 5. The second kappa shape index (κ2) is 5.90. The molecule has 1 aromatic rings. The van der Waals surface area contributed by atoms with E-state index >= 15 is 0 Å². The third kappa shape index (κ3) is 2.80. The van der Waals surface area contributed by atoms with Gasteiger partial charge < -0.3 is 25.7 Å². The van der Waals surface area contributed by atoms with Crippen LogP contribution in [0.4, 0.5) is 5.69 Å². The minimum Gasteiger partial charge on any atom is -0.409 e. The Hall–Kier alpha value is -1.79. The summed E-state index contributed by atoms with van der Waals surface area (Å²) in [5.41, 5.74) is 8.25. The number of aryl methyl sites for hydroxylation is 1. The molecule has 0 spiro atoms. The van der Waals surface area contributed by atoms with Crippen LogP contribution < -0.4 is 10.6 Å². The lowest BCUT2D eigenvalue weighted by Gasteiger charge is -2.36. The zero-order valence-corrected chi connectivity index (χ0v) is 10.9. The molecule has 1 fully saturated rings. The molecule has 0 aliphatic carbocycles. The first-order valence-electron chi connectivity index (χ1n) is 6.21. The van der Waals surface area contributed by atoms with Gasteiger partial charge in [-0.15, -0.1) is 0 Å². The predicted molar refractivity (Wildman–Crippen MR) is 72.7 cm³/mol. The van der Waals surface area contributed by atoms with Crippen LogP contribution in [-0.4, -0.2) is 48.6 Å². The summed E-state index contributed by atoms with van der Waals surface area (Å²) in [6.07, 6.45) is 0. The van der Waals surface area contributed by atoms with Crippen molar-refractivity contribution in [1.29, 1.82) is 0 Å². The number of aliphatic hydroxyl groups excluding tert-OH is 1. The summed E-state index contributed by atoms with van der Waals surface area (Å²) in [5, 5.41) is 21.1. The molecule has 1 atom stereocenters. The Labute approximate surface area is 112 Å². The maximum atomic E-state index is 9.38. The molecule has 1 aliphatic heterocycles. The zero-order valence-electron chi connectivity index (χ0n) is 10.9. The van der Waals surface area contributed by atoms with Gasteiger partial charge in [0.1, 0.15) is 0 Å². The molecule has 0 amide bonds. The molecular formula is C13H19N3O3. The van der Waals surface area contributed by atoms with Crippen LogP contribution in [0.5, 0.6) is 0 Å². The first-order chi connectivity index (χ1) is 9.17. The normalized spacial score (nSPS) is 20.6. The molecule has 19 heavy (non-hydrogen) atoms. The Bertz CT molecular complexity index is 476. The molecule has 0 aromatic heterocycles. The molecule has 6 nitrogen and oxygen atoms in total. The van der Waals surface area contributed by atoms with Crippen molar-refractivity contribution in [2.45, 2.75) is 13.0 Å². The Kier molecular flexibility index (Phi) is 4.24. The van der Waals surface area contributed by atoms with E-state index in [4.69, 9.17) is 15.7 Å². The van der Waals surface area contributed by atoms with Crippen molar-refractivity contribution in [2.75, 3.05) is 31.3 Å². The van der Waals surface area contributed by atoms with E-state index in [1.165, 1.54) is 0 Å². The lowest BCUT2D eigenvalue weighted by Crippen LogP contribution is -2.47. The van der Waals surface area contributed by atoms with Gasteiger partial charge >= 0.3 is 0 Å². The number of benzene rings is 1. The molecule has 0 radical (unpaired) electrons. The van der Waals surface area contributed by atoms with Crippen LogP contribution in [0.3, 0.4) is 0 Å². The molecule has 0 bridgehead atoms. The number of amidine groups is 1. The van der Waals surface area contributed by atoms with Gasteiger partial charge in [0.25, 0.3) is 0 Å². The van der Waals surface area contributed by atoms with Crippen LogP contribution in [0.1, 0.15) is 11.1 Å². The summed E-state index contributed by atoms with van der Waals surface area (Å²) in [7, 11) is 0. The van der Waals surface area contributed by atoms with Crippen LogP contribution >= 0.6 is 0 Å². The molecule has 2 rings (SSSR count). The molecule has 1 saturated heterocycles. The fourth-order valence-corrected chi connectivity index (χ4v) is 2.31. The van der Waals surface area contributed by atoms with Crippen LogP contribution in [0.2, 0.25) is 0 Å². The van der Waals surface area contributed by atoms with Gasteiger partial charge in [-0.25, -0.2) is 0 Å². The number of morpholine rings is 1. The van der Waals surface area contributed by atoms with Crippen LogP contribution in [-0.2, 0) is 4.74 Å². The Morgan fingerprint density at radius 2 is 2.37 bits per heavy atom. The number of aliphatic hydroxyl groups is 1. The molecule has 6 heteroatoms. The number of ether oxygens (including phenoxy) is 1. The predicted octanol–water partition coefficient (Wildman–Crippen LogP) is 0.287. The Balaban J connectivity index is 2.28. The van der Waals surface area contributed by atoms with Crippen molar-refractivity contribution in [2.24, 2.45) is 10.9 Å². The van der Waals surface area contributed by atoms with Crippen LogP contribution in [0.25, 0.3) is 0 Å². The first kappa shape index (κ1) is 13.6. The van der Waals surface area contributed by atoms with E-state index in [9.17, 15) is 5.11 Å². The van der Waals surface area contributed by atoms with E-state index in [2.05, 4.69) is 10.1 Å². The molecule has 1 heterocycles. The highest BCUT2D eigenvalue weighted by Gasteiger charge is 2.22. The fraction of sp³-hybridized carbons (Fsp3) is 0.462. The lowest BCUT2D eigenvalue weighted by molar-refractivity contribution is 0.0727. The van der Waals surface area contributed by atoms with Crippen molar-refractivity contribution in [3.8, 4) is 0 Å². The van der Waals surface area contributed by atoms with Gasteiger partial charge in [-0.05, 0) is 30.7 Å². The highest BCUT2D eigenvalue weighted by molar-refractivity contribution is 5.98. The highest BCUT2D eigenvalue weighted by atomic mass is 16.5. The largest absolute Gasteiger partial charge is 0.409 e. The first-order valence-corrected chi connectivity index (χ1v) is 6.21. The van der Waals surface area contributed by atoms with Gasteiger partial charge in [0.15, 0.2) is 5.84 Å². The number of anilines is 1. The summed E-state index contributed by atoms with van der Waals surface area (Å²) in [5.74, 6) is 0.102. The third-order valence-electron chi connectivity index (χ3n) is 3.36. The van der Waals surface area contributed by atoms with Gasteiger partial charge in [0, 0.05) is 17.8 Å². The van der Waals surface area contributed by atoms with Crippen molar-refractivity contribution in [3.63, 3.8) is 0 Å². The molecule has 1 aliphatic rings. The Morgan fingerprint density at radius 1 is 1.58 bits per heavy atom. The van der Waals surface area contributed by atoms with E-state index in [0.717, 1.165) is 17.8 Å². The SMILES string of the molecule is Cc1cc(N2CCOCC2CO)ccc1/C(N)=N/O. The molecule has 1 unspecified atom stereocenters. The van der Waals surface area contributed by atoms with E-state index < -0.39 is 0 Å². The van der Waals surface area contributed by atoms with Gasteiger partial charge in [0.05, 0.1) is 25.9 Å². The van der Waals surface area contributed by atoms with Crippen molar-refractivity contribution in [3.05, 3.63) is 29.3 Å². The second-order valence-corrected chi connectivity index (χ2v) is 4.59. The molecule has 1 aromatic carbocycles. The van der Waals surface area contributed by atoms with E-state index in [-0.39, 0.29) is 18.5 Å². The number of nitrogens with zero attached hydrogens (tertiary/aromatic N) is 2.